The molecule has 0 nitrogen and oxygen atoms in total. The maximum atomic E-state index is 2.57. The second-order valence-electron chi connectivity index (χ2n) is 8.57. The van der Waals surface area contributed by atoms with Crippen molar-refractivity contribution in [2.45, 2.75) is 104 Å². The van der Waals surface area contributed by atoms with Crippen molar-refractivity contribution in [2.24, 2.45) is 23.7 Å². The smallest absolute Gasteiger partial charge is 0.0233 e. The molecule has 0 heteroatoms. The normalized spacial score (nSPS) is 31.9. The monoisotopic (exact) mass is 330 g/mol. The van der Waals surface area contributed by atoms with E-state index in [1.54, 1.807) is 0 Å². The Morgan fingerprint density at radius 3 is 1.58 bits per heavy atom. The highest BCUT2D eigenvalue weighted by Gasteiger charge is 2.20. The molecule has 0 saturated heterocycles. The van der Waals surface area contributed by atoms with Crippen LogP contribution in [0.25, 0.3) is 0 Å². The van der Waals surface area contributed by atoms with E-state index < -0.39 is 0 Å². The third kappa shape index (κ3) is 7.58. The lowest BCUT2D eigenvalue weighted by Crippen LogP contribution is -2.13. The van der Waals surface area contributed by atoms with Crippen LogP contribution in [0.5, 0.6) is 0 Å². The van der Waals surface area contributed by atoms with Gasteiger partial charge in [0, 0.05) is 0 Å². The first-order valence-corrected chi connectivity index (χ1v) is 11.1. The average Bonchev–Trinajstić information content (AvgIpc) is 2.62. The molecule has 2 rings (SSSR count). The molecule has 0 radical (unpaired) electrons. The summed E-state index contributed by atoms with van der Waals surface area (Å²) in [6.45, 7) is 4.60. The van der Waals surface area contributed by atoms with E-state index in [9.17, 15) is 0 Å². The topological polar surface area (TPSA) is 0 Å². The minimum Gasteiger partial charge on any atom is -0.0883 e. The van der Waals surface area contributed by atoms with Crippen molar-refractivity contribution >= 4 is 0 Å². The van der Waals surface area contributed by atoms with Gasteiger partial charge >= 0.3 is 0 Å². The van der Waals surface area contributed by atoms with Gasteiger partial charge in [-0.15, -0.1) is 0 Å². The van der Waals surface area contributed by atoms with Gasteiger partial charge in [-0.1, -0.05) is 57.4 Å². The molecule has 0 aromatic rings. The van der Waals surface area contributed by atoms with E-state index in [2.05, 4.69) is 38.2 Å². The van der Waals surface area contributed by atoms with Gasteiger partial charge < -0.3 is 0 Å². The predicted molar refractivity (Wildman–Crippen MR) is 108 cm³/mol. The zero-order valence-corrected chi connectivity index (χ0v) is 16.5. The second-order valence-corrected chi connectivity index (χ2v) is 8.57. The predicted octanol–water partition coefficient (Wildman–Crippen LogP) is 8.09. The molecule has 0 aromatic heterocycles. The highest BCUT2D eigenvalue weighted by atomic mass is 14.3. The lowest BCUT2D eigenvalue weighted by atomic mass is 9.79. The van der Waals surface area contributed by atoms with Crippen molar-refractivity contribution in [3.8, 4) is 0 Å². The molecule has 0 aromatic carbocycles. The van der Waals surface area contributed by atoms with Gasteiger partial charge in [-0.3, -0.25) is 0 Å². The summed E-state index contributed by atoms with van der Waals surface area (Å²) < 4.78 is 0. The third-order valence-electron chi connectivity index (χ3n) is 6.49. The molecular formula is C24H42. The number of hydrogen-bond donors (Lipinski definition) is 0. The molecule has 24 heavy (non-hydrogen) atoms. The number of allylic oxidation sites excluding steroid dienone is 4. The quantitative estimate of drug-likeness (QED) is 0.375. The summed E-state index contributed by atoms with van der Waals surface area (Å²) in [7, 11) is 0. The van der Waals surface area contributed by atoms with E-state index in [4.69, 9.17) is 0 Å². The van der Waals surface area contributed by atoms with Gasteiger partial charge in [-0.25, -0.2) is 0 Å². The molecule has 0 spiro atoms. The van der Waals surface area contributed by atoms with Crippen molar-refractivity contribution < 1.29 is 0 Å². The van der Waals surface area contributed by atoms with E-state index in [0.717, 1.165) is 23.7 Å². The van der Waals surface area contributed by atoms with Crippen LogP contribution in [-0.2, 0) is 0 Å². The molecule has 0 N–H and O–H groups in total. The minimum atomic E-state index is 0.890. The van der Waals surface area contributed by atoms with Gasteiger partial charge in [-0.2, -0.15) is 0 Å². The first-order chi connectivity index (χ1) is 11.8. The first-order valence-electron chi connectivity index (χ1n) is 11.1. The van der Waals surface area contributed by atoms with Gasteiger partial charge in [0.05, 0.1) is 0 Å². The zero-order chi connectivity index (χ0) is 17.0. The summed E-state index contributed by atoms with van der Waals surface area (Å²) in [6.07, 6.45) is 29.9. The molecule has 2 aliphatic carbocycles. The molecule has 0 unspecified atom stereocenters. The van der Waals surface area contributed by atoms with E-state index in [1.807, 2.05) is 0 Å². The summed E-state index contributed by atoms with van der Waals surface area (Å²) in [4.78, 5) is 0. The van der Waals surface area contributed by atoms with Gasteiger partial charge in [0.15, 0.2) is 0 Å². The van der Waals surface area contributed by atoms with Crippen molar-refractivity contribution in [1.29, 1.82) is 0 Å². The Bertz CT molecular complexity index is 348. The highest BCUT2D eigenvalue weighted by Crippen LogP contribution is 2.34. The molecule has 0 heterocycles. The largest absolute Gasteiger partial charge is 0.0883 e. The van der Waals surface area contributed by atoms with E-state index in [0.29, 0.717) is 0 Å². The molecule has 2 saturated carbocycles. The molecule has 138 valence electrons. The van der Waals surface area contributed by atoms with Crippen LogP contribution in [0, 0.1) is 23.7 Å². The van der Waals surface area contributed by atoms with Gasteiger partial charge in [0.25, 0.3) is 0 Å². The van der Waals surface area contributed by atoms with E-state index in [-0.39, 0.29) is 0 Å². The Labute approximate surface area is 152 Å². The van der Waals surface area contributed by atoms with Crippen LogP contribution in [0.2, 0.25) is 0 Å². The Hall–Kier alpha value is -0.520. The van der Waals surface area contributed by atoms with Crippen LogP contribution in [0.3, 0.4) is 0 Å². The Morgan fingerprint density at radius 2 is 1.08 bits per heavy atom. The summed E-state index contributed by atoms with van der Waals surface area (Å²) in [5.74, 6) is 3.84. The van der Waals surface area contributed by atoms with Crippen LogP contribution < -0.4 is 0 Å². The second kappa shape index (κ2) is 11.9. The van der Waals surface area contributed by atoms with Crippen LogP contribution in [0.4, 0.5) is 0 Å². The Morgan fingerprint density at radius 1 is 0.583 bits per heavy atom. The fraction of sp³-hybridized carbons (Fsp3) is 0.833. The average molecular weight is 331 g/mol. The summed E-state index contributed by atoms with van der Waals surface area (Å²) >= 11 is 0. The lowest BCUT2D eigenvalue weighted by Gasteiger charge is -2.27. The third-order valence-corrected chi connectivity index (χ3v) is 6.49. The summed E-state index contributed by atoms with van der Waals surface area (Å²) in [5.41, 5.74) is 0. The van der Waals surface area contributed by atoms with Crippen LogP contribution >= 0.6 is 0 Å². The molecule has 0 bridgehead atoms. The molecule has 2 fully saturated rings. The molecule has 0 amide bonds. The zero-order valence-electron chi connectivity index (χ0n) is 16.5. The number of unbranched alkanes of at least 4 members (excludes halogenated alkanes) is 1. The van der Waals surface area contributed by atoms with Crippen molar-refractivity contribution in [1.82, 2.24) is 0 Å². The number of hydrogen-bond acceptors (Lipinski definition) is 0. The van der Waals surface area contributed by atoms with E-state index in [1.165, 1.54) is 89.9 Å². The molecular weight excluding hydrogens is 288 g/mol. The minimum absolute atomic E-state index is 0.890. The Balaban J connectivity index is 1.54. The van der Waals surface area contributed by atoms with Crippen molar-refractivity contribution in [3.63, 3.8) is 0 Å². The van der Waals surface area contributed by atoms with Crippen LogP contribution in [-0.4, -0.2) is 0 Å². The molecule has 2 aliphatic rings. The maximum Gasteiger partial charge on any atom is -0.0233 e. The lowest BCUT2D eigenvalue weighted by molar-refractivity contribution is 0.291. The standard InChI is InChI=1S/C24H42/c1-3-5-6-10-22-17-19-24(20-18-22)12-8-7-11-23-15-13-21(9-4-2)14-16-23/h6-7,10-11,21-24H,3-5,8-9,12-20H2,1-2H3/b10-6+,11-7+/t21-,22-,23-,24-. The van der Waals surface area contributed by atoms with E-state index >= 15 is 0 Å². The SMILES string of the molecule is CCC/C=C/[C@H]1CC[C@H](CC/C=C/[C@H]2CC[C@H](CCC)CC2)CC1. The van der Waals surface area contributed by atoms with Crippen LogP contribution in [0.15, 0.2) is 24.3 Å². The fourth-order valence-corrected chi connectivity index (χ4v) is 4.82. The fourth-order valence-electron chi connectivity index (χ4n) is 4.82. The van der Waals surface area contributed by atoms with Gasteiger partial charge in [0.1, 0.15) is 0 Å². The highest BCUT2D eigenvalue weighted by molar-refractivity contribution is 4.93. The summed E-state index contributed by atoms with van der Waals surface area (Å²) in [6, 6.07) is 0. The Kier molecular flexibility index (Phi) is 9.85. The van der Waals surface area contributed by atoms with Crippen LogP contribution in [0.1, 0.15) is 104 Å². The maximum absolute atomic E-state index is 2.57. The first kappa shape index (κ1) is 19.8. The van der Waals surface area contributed by atoms with Gasteiger partial charge in [0.2, 0.25) is 0 Å². The van der Waals surface area contributed by atoms with Gasteiger partial charge in [-0.05, 0) is 94.3 Å². The molecule has 0 atom stereocenters. The van der Waals surface area contributed by atoms with Crippen molar-refractivity contribution in [2.75, 3.05) is 0 Å². The number of rotatable bonds is 9. The summed E-state index contributed by atoms with van der Waals surface area (Å²) in [5, 5.41) is 0. The van der Waals surface area contributed by atoms with Crippen molar-refractivity contribution in [3.05, 3.63) is 24.3 Å². The molecule has 0 aliphatic heterocycles.